The first-order valence-corrected chi connectivity index (χ1v) is 7.09. The molecule has 0 bridgehead atoms. The van der Waals surface area contributed by atoms with Crippen LogP contribution in [0.15, 0.2) is 40.9 Å². The lowest BCUT2D eigenvalue weighted by Gasteiger charge is -2.13. The number of hydrogen-bond acceptors (Lipinski definition) is 3. The van der Waals surface area contributed by atoms with Gasteiger partial charge in [0.2, 0.25) is 0 Å². The third-order valence-corrected chi connectivity index (χ3v) is 3.49. The Hall–Kier alpha value is -2.01. The van der Waals surface area contributed by atoms with Crippen molar-refractivity contribution < 1.29 is 19.4 Å². The maximum Gasteiger partial charge on any atom is 0.339 e. The van der Waals surface area contributed by atoms with Crippen molar-refractivity contribution in [2.24, 2.45) is 0 Å². The highest BCUT2D eigenvalue weighted by atomic mass is 79.9. The summed E-state index contributed by atoms with van der Waals surface area (Å²) in [4.78, 5) is 11.2. The Morgan fingerprint density at radius 1 is 1.19 bits per heavy atom. The van der Waals surface area contributed by atoms with Crippen molar-refractivity contribution in [3.05, 3.63) is 57.6 Å². The second-order valence-electron chi connectivity index (χ2n) is 4.55. The van der Waals surface area contributed by atoms with Gasteiger partial charge in [-0.2, -0.15) is 0 Å². The zero-order valence-electron chi connectivity index (χ0n) is 11.7. The fraction of sp³-hybridized carbons (Fsp3) is 0.188. The number of halogens is 1. The van der Waals surface area contributed by atoms with Crippen LogP contribution in [0.25, 0.3) is 0 Å². The molecular formula is C16H15BrO4. The van der Waals surface area contributed by atoms with Crippen LogP contribution in [-0.4, -0.2) is 18.2 Å². The van der Waals surface area contributed by atoms with E-state index in [4.69, 9.17) is 9.47 Å². The monoisotopic (exact) mass is 350 g/mol. The number of carboxylic acids is 1. The van der Waals surface area contributed by atoms with Gasteiger partial charge in [0.15, 0.2) is 0 Å². The third kappa shape index (κ3) is 3.76. The molecule has 0 radical (unpaired) electrons. The fourth-order valence-electron chi connectivity index (χ4n) is 1.94. The van der Waals surface area contributed by atoms with Gasteiger partial charge in [-0.05, 0) is 42.8 Å². The summed E-state index contributed by atoms with van der Waals surface area (Å²) in [5.74, 6) is 0.0402. The lowest BCUT2D eigenvalue weighted by atomic mass is 10.1. The van der Waals surface area contributed by atoms with E-state index in [0.717, 1.165) is 15.6 Å². The van der Waals surface area contributed by atoms with Gasteiger partial charge in [0.1, 0.15) is 23.7 Å². The van der Waals surface area contributed by atoms with E-state index in [2.05, 4.69) is 15.9 Å². The molecule has 0 spiro atoms. The normalized spacial score (nSPS) is 10.2. The number of benzene rings is 2. The largest absolute Gasteiger partial charge is 0.496 e. The lowest BCUT2D eigenvalue weighted by Crippen LogP contribution is -2.04. The van der Waals surface area contributed by atoms with E-state index in [-0.39, 0.29) is 12.2 Å². The summed E-state index contributed by atoms with van der Waals surface area (Å²) >= 11 is 3.40. The summed E-state index contributed by atoms with van der Waals surface area (Å²) in [6.07, 6.45) is 0. The van der Waals surface area contributed by atoms with Crippen LogP contribution >= 0.6 is 15.9 Å². The van der Waals surface area contributed by atoms with Crippen molar-refractivity contribution >= 4 is 21.9 Å². The lowest BCUT2D eigenvalue weighted by molar-refractivity contribution is 0.0691. The molecule has 0 unspecified atom stereocenters. The highest BCUT2D eigenvalue weighted by Crippen LogP contribution is 2.26. The first-order chi connectivity index (χ1) is 10.0. The minimum absolute atomic E-state index is 0.148. The first kappa shape index (κ1) is 15.4. The predicted octanol–water partition coefficient (Wildman–Crippen LogP) is 4.04. The Labute approximate surface area is 131 Å². The molecule has 110 valence electrons. The number of aryl methyl sites for hydroxylation is 1. The van der Waals surface area contributed by atoms with Gasteiger partial charge >= 0.3 is 5.97 Å². The van der Waals surface area contributed by atoms with Gasteiger partial charge in [0.05, 0.1) is 7.11 Å². The first-order valence-electron chi connectivity index (χ1n) is 6.30. The topological polar surface area (TPSA) is 55.8 Å². The molecule has 1 N–H and O–H groups in total. The fourth-order valence-corrected chi connectivity index (χ4v) is 2.35. The molecule has 0 aliphatic carbocycles. The smallest absolute Gasteiger partial charge is 0.339 e. The molecule has 2 aromatic carbocycles. The Balaban J connectivity index is 2.26. The van der Waals surface area contributed by atoms with Crippen molar-refractivity contribution in [1.82, 2.24) is 0 Å². The third-order valence-electron chi connectivity index (χ3n) is 2.99. The van der Waals surface area contributed by atoms with Crippen LogP contribution in [0.1, 0.15) is 21.5 Å². The number of methoxy groups -OCH3 is 1. The van der Waals surface area contributed by atoms with Crippen LogP contribution in [0.5, 0.6) is 11.5 Å². The molecule has 0 saturated heterocycles. The van der Waals surface area contributed by atoms with Crippen LogP contribution in [0, 0.1) is 6.92 Å². The van der Waals surface area contributed by atoms with E-state index in [1.807, 2.05) is 25.1 Å². The Bertz CT molecular complexity index is 667. The zero-order chi connectivity index (χ0) is 15.4. The van der Waals surface area contributed by atoms with Crippen molar-refractivity contribution in [1.29, 1.82) is 0 Å². The minimum Gasteiger partial charge on any atom is -0.496 e. The molecule has 2 aromatic rings. The number of carboxylic acid groups (broad SMARTS) is 1. The van der Waals surface area contributed by atoms with Crippen molar-refractivity contribution in [3.8, 4) is 11.5 Å². The number of carbonyl (C=O) groups is 1. The second-order valence-corrected chi connectivity index (χ2v) is 5.47. The predicted molar refractivity (Wildman–Crippen MR) is 83.2 cm³/mol. The molecule has 0 saturated carbocycles. The van der Waals surface area contributed by atoms with Crippen LogP contribution in [-0.2, 0) is 6.61 Å². The average molecular weight is 351 g/mol. The van der Waals surface area contributed by atoms with Gasteiger partial charge < -0.3 is 14.6 Å². The molecule has 0 aliphatic heterocycles. The van der Waals surface area contributed by atoms with Crippen LogP contribution in [0.4, 0.5) is 0 Å². The van der Waals surface area contributed by atoms with Gasteiger partial charge in [-0.1, -0.05) is 22.0 Å². The van der Waals surface area contributed by atoms with Crippen molar-refractivity contribution in [2.45, 2.75) is 13.5 Å². The molecule has 21 heavy (non-hydrogen) atoms. The molecule has 0 fully saturated rings. The quantitative estimate of drug-likeness (QED) is 0.883. The Morgan fingerprint density at radius 3 is 2.62 bits per heavy atom. The molecule has 0 aromatic heterocycles. The van der Waals surface area contributed by atoms with E-state index in [1.165, 1.54) is 0 Å². The summed E-state index contributed by atoms with van der Waals surface area (Å²) < 4.78 is 11.9. The van der Waals surface area contributed by atoms with Crippen LogP contribution in [0.2, 0.25) is 0 Å². The molecule has 5 heteroatoms. The van der Waals surface area contributed by atoms with Crippen LogP contribution < -0.4 is 9.47 Å². The van der Waals surface area contributed by atoms with Crippen LogP contribution in [0.3, 0.4) is 0 Å². The Morgan fingerprint density at radius 2 is 1.95 bits per heavy atom. The maximum atomic E-state index is 11.2. The SMILES string of the molecule is COc1ccc(Br)cc1COc1cc(C)ccc1C(=O)O. The number of hydrogen-bond donors (Lipinski definition) is 1. The number of rotatable bonds is 5. The minimum atomic E-state index is -1.01. The van der Waals surface area contributed by atoms with Gasteiger partial charge in [-0.25, -0.2) is 4.79 Å². The molecule has 4 nitrogen and oxygen atoms in total. The molecule has 2 rings (SSSR count). The molecule has 0 amide bonds. The van der Waals surface area contributed by atoms with Crippen molar-refractivity contribution in [2.75, 3.05) is 7.11 Å². The van der Waals surface area contributed by atoms with Gasteiger partial charge in [0.25, 0.3) is 0 Å². The van der Waals surface area contributed by atoms with E-state index in [1.54, 1.807) is 25.3 Å². The van der Waals surface area contributed by atoms with E-state index in [9.17, 15) is 9.90 Å². The van der Waals surface area contributed by atoms with Gasteiger partial charge in [-0.15, -0.1) is 0 Å². The Kier molecular flexibility index (Phi) is 4.85. The zero-order valence-corrected chi connectivity index (χ0v) is 13.3. The maximum absolute atomic E-state index is 11.2. The van der Waals surface area contributed by atoms with Crippen molar-refractivity contribution in [3.63, 3.8) is 0 Å². The summed E-state index contributed by atoms with van der Waals surface area (Å²) in [5.41, 5.74) is 1.93. The second kappa shape index (κ2) is 6.63. The summed E-state index contributed by atoms with van der Waals surface area (Å²) in [6, 6.07) is 10.6. The highest BCUT2D eigenvalue weighted by molar-refractivity contribution is 9.10. The van der Waals surface area contributed by atoms with E-state index < -0.39 is 5.97 Å². The summed E-state index contributed by atoms with van der Waals surface area (Å²) in [6.45, 7) is 2.12. The van der Waals surface area contributed by atoms with Gasteiger partial charge in [0, 0.05) is 10.0 Å². The van der Waals surface area contributed by atoms with E-state index >= 15 is 0 Å². The highest BCUT2D eigenvalue weighted by Gasteiger charge is 2.12. The molecule has 0 atom stereocenters. The summed E-state index contributed by atoms with van der Waals surface area (Å²) in [7, 11) is 1.59. The summed E-state index contributed by atoms with van der Waals surface area (Å²) in [5, 5.41) is 9.19. The van der Waals surface area contributed by atoms with Gasteiger partial charge in [-0.3, -0.25) is 0 Å². The standard InChI is InChI=1S/C16H15BrO4/c1-10-3-5-13(16(18)19)15(7-10)21-9-11-8-12(17)4-6-14(11)20-2/h3-8H,9H2,1-2H3,(H,18,19). The molecular weight excluding hydrogens is 336 g/mol. The van der Waals surface area contributed by atoms with E-state index in [0.29, 0.717) is 11.5 Å². The number of ether oxygens (including phenoxy) is 2. The average Bonchev–Trinajstić information content (AvgIpc) is 2.45. The molecule has 0 aliphatic rings. The molecule has 0 heterocycles. The number of aromatic carboxylic acids is 1.